The minimum Gasteiger partial charge on any atom is -0.387 e. The van der Waals surface area contributed by atoms with Crippen molar-refractivity contribution in [3.05, 3.63) is 0 Å². The summed E-state index contributed by atoms with van der Waals surface area (Å²) in [7, 11) is 0. The Balaban J connectivity index is 5.84. The van der Waals surface area contributed by atoms with Crippen molar-refractivity contribution in [3.8, 4) is 0 Å². The Bertz CT molecular complexity index is 669. The van der Waals surface area contributed by atoms with E-state index in [4.69, 9.17) is 0 Å². The van der Waals surface area contributed by atoms with Crippen molar-refractivity contribution in [2.75, 3.05) is 0 Å². The molecule has 0 fully saturated rings. The molecule has 0 aliphatic rings. The molecule has 0 aliphatic heterocycles. The Hall–Kier alpha value is -2.32. The fourth-order valence-corrected chi connectivity index (χ4v) is 1.17. The molecule has 0 unspecified atom stereocenters. The molecular weight excluding hydrogens is 526 g/mol. The Morgan fingerprint density at radius 2 is 0.562 bits per heavy atom. The largest absolute Gasteiger partial charge is 0.473 e. The van der Waals surface area contributed by atoms with Gasteiger partial charge in [0.25, 0.3) is 0 Å². The standard InChI is InChI=1S/C10F18O4/c11-3(12,7(19,20)21)5(15,16)9(25,26)31-1(29)2(30)32-10(27,28)6(17,18)4(13,14)8(22,23)24. The van der Waals surface area contributed by atoms with Gasteiger partial charge in [0.1, 0.15) is 0 Å². The molecule has 0 aromatic rings. The molecular formula is C10F18O4. The van der Waals surface area contributed by atoms with E-state index in [1.807, 2.05) is 0 Å². The number of esters is 2. The summed E-state index contributed by atoms with van der Waals surface area (Å²) in [6.07, 6.45) is -29.9. The second-order valence-electron chi connectivity index (χ2n) is 5.11. The third kappa shape index (κ3) is 4.57. The van der Waals surface area contributed by atoms with Gasteiger partial charge in [-0.05, 0) is 0 Å². The van der Waals surface area contributed by atoms with Crippen LogP contribution in [0.3, 0.4) is 0 Å². The average Bonchev–Trinajstić information content (AvgIpc) is 2.50. The predicted octanol–water partition coefficient (Wildman–Crippen LogP) is 4.92. The van der Waals surface area contributed by atoms with E-state index >= 15 is 0 Å². The normalized spacial score (nSPS) is 15.4. The lowest BCUT2D eigenvalue weighted by molar-refractivity contribution is -0.439. The van der Waals surface area contributed by atoms with Gasteiger partial charge < -0.3 is 9.47 Å². The van der Waals surface area contributed by atoms with Crippen LogP contribution < -0.4 is 0 Å². The monoisotopic (exact) mass is 526 g/mol. The van der Waals surface area contributed by atoms with Gasteiger partial charge in [0, 0.05) is 0 Å². The second kappa shape index (κ2) is 7.63. The number of hydrogen-bond acceptors (Lipinski definition) is 4. The number of carbonyl (C=O) groups excluding carboxylic acids is 2. The Kier molecular flexibility index (Phi) is 7.07. The molecule has 190 valence electrons. The maximum Gasteiger partial charge on any atom is 0.473 e. The van der Waals surface area contributed by atoms with Gasteiger partial charge >= 0.3 is 60.2 Å². The van der Waals surface area contributed by atoms with E-state index in [1.165, 1.54) is 0 Å². The van der Waals surface area contributed by atoms with Crippen molar-refractivity contribution in [2.45, 2.75) is 48.3 Å². The summed E-state index contributed by atoms with van der Waals surface area (Å²) in [6.45, 7) is 0. The minimum atomic E-state index is -7.82. The Morgan fingerprint density at radius 3 is 0.719 bits per heavy atom. The van der Waals surface area contributed by atoms with Crippen molar-refractivity contribution in [3.63, 3.8) is 0 Å². The quantitative estimate of drug-likeness (QED) is 0.280. The van der Waals surface area contributed by atoms with Crippen molar-refractivity contribution < 1.29 is 98.1 Å². The lowest BCUT2D eigenvalue weighted by Gasteiger charge is -2.33. The lowest BCUT2D eigenvalue weighted by atomic mass is 10.1. The molecule has 0 bridgehead atoms. The highest BCUT2D eigenvalue weighted by atomic mass is 19.4. The van der Waals surface area contributed by atoms with Crippen LogP contribution in [0.4, 0.5) is 79.0 Å². The summed E-state index contributed by atoms with van der Waals surface area (Å²) in [5, 5.41) is 0. The molecule has 0 spiro atoms. The first-order chi connectivity index (χ1) is 13.5. The summed E-state index contributed by atoms with van der Waals surface area (Å²) in [6, 6.07) is 0. The first-order valence-electron chi connectivity index (χ1n) is 6.38. The third-order valence-electron chi connectivity index (χ3n) is 2.84. The third-order valence-corrected chi connectivity index (χ3v) is 2.84. The van der Waals surface area contributed by atoms with Crippen molar-refractivity contribution in [2.24, 2.45) is 0 Å². The number of hydrogen-bond donors (Lipinski definition) is 0. The molecule has 0 aliphatic carbocycles. The highest BCUT2D eigenvalue weighted by Crippen LogP contribution is 2.55. The average molecular weight is 526 g/mol. The molecule has 22 heteroatoms. The van der Waals surface area contributed by atoms with Gasteiger partial charge in [0.15, 0.2) is 0 Å². The van der Waals surface area contributed by atoms with Crippen LogP contribution in [0.25, 0.3) is 0 Å². The Labute approximate surface area is 160 Å². The smallest absolute Gasteiger partial charge is 0.387 e. The van der Waals surface area contributed by atoms with E-state index in [-0.39, 0.29) is 0 Å². The van der Waals surface area contributed by atoms with Crippen molar-refractivity contribution in [1.82, 2.24) is 0 Å². The lowest BCUT2D eigenvalue weighted by Crippen LogP contribution is -2.63. The maximum absolute atomic E-state index is 12.9. The number of rotatable bonds is 6. The van der Waals surface area contributed by atoms with Crippen molar-refractivity contribution in [1.29, 1.82) is 0 Å². The molecule has 0 heterocycles. The summed E-state index contributed by atoms with van der Waals surface area (Å²) in [5.41, 5.74) is 0. The van der Waals surface area contributed by atoms with Gasteiger partial charge in [-0.2, -0.15) is 79.0 Å². The Morgan fingerprint density at radius 1 is 0.375 bits per heavy atom. The molecule has 0 N–H and O–H groups in total. The van der Waals surface area contributed by atoms with Crippen LogP contribution in [0.15, 0.2) is 0 Å². The maximum atomic E-state index is 12.9. The predicted molar refractivity (Wildman–Crippen MR) is 54.0 cm³/mol. The van der Waals surface area contributed by atoms with Crippen LogP contribution in [0.1, 0.15) is 0 Å². The summed E-state index contributed by atoms with van der Waals surface area (Å²) >= 11 is 0. The summed E-state index contributed by atoms with van der Waals surface area (Å²) in [4.78, 5) is 21.2. The van der Waals surface area contributed by atoms with Gasteiger partial charge in [-0.15, -0.1) is 0 Å². The van der Waals surface area contributed by atoms with E-state index in [1.54, 1.807) is 9.47 Å². The van der Waals surface area contributed by atoms with Crippen molar-refractivity contribution >= 4 is 11.9 Å². The van der Waals surface area contributed by atoms with Crippen LogP contribution in [-0.2, 0) is 19.1 Å². The second-order valence-corrected chi connectivity index (χ2v) is 5.11. The first-order valence-corrected chi connectivity index (χ1v) is 6.38. The number of alkyl halides is 18. The SMILES string of the molecule is O=C(OC(F)(F)C(F)(F)C(F)(F)C(F)(F)F)C(=O)OC(F)(F)C(F)(F)C(F)(F)C(F)(F)F. The number of halogens is 18. The van der Waals surface area contributed by atoms with Gasteiger partial charge in [0.2, 0.25) is 0 Å². The molecule has 0 aromatic carbocycles. The van der Waals surface area contributed by atoms with E-state index in [0.29, 0.717) is 0 Å². The number of carbonyl (C=O) groups is 2. The van der Waals surface area contributed by atoms with Gasteiger partial charge in [-0.25, -0.2) is 9.59 Å². The zero-order chi connectivity index (χ0) is 26.6. The van der Waals surface area contributed by atoms with Crippen LogP contribution >= 0.6 is 0 Å². The topological polar surface area (TPSA) is 52.6 Å². The van der Waals surface area contributed by atoms with Gasteiger partial charge in [-0.1, -0.05) is 0 Å². The van der Waals surface area contributed by atoms with E-state index in [0.717, 1.165) is 0 Å². The van der Waals surface area contributed by atoms with Crippen LogP contribution in [0.5, 0.6) is 0 Å². The molecule has 0 amide bonds. The molecule has 0 aromatic heterocycles. The highest BCUT2D eigenvalue weighted by Gasteiger charge is 2.85. The molecule has 4 nitrogen and oxygen atoms in total. The zero-order valence-electron chi connectivity index (χ0n) is 13.4. The van der Waals surface area contributed by atoms with Crippen LogP contribution in [-0.4, -0.2) is 60.2 Å². The molecule has 0 saturated heterocycles. The molecule has 0 atom stereocenters. The van der Waals surface area contributed by atoms with E-state index in [9.17, 15) is 88.6 Å². The molecule has 0 rings (SSSR count). The summed E-state index contributed by atoms with van der Waals surface area (Å²) < 4.78 is 227. The van der Waals surface area contributed by atoms with E-state index in [2.05, 4.69) is 0 Å². The fraction of sp³-hybridized carbons (Fsp3) is 0.800. The van der Waals surface area contributed by atoms with Gasteiger partial charge in [0.05, 0.1) is 0 Å². The number of ether oxygens (including phenoxy) is 2. The highest BCUT2D eigenvalue weighted by molar-refractivity contribution is 6.29. The van der Waals surface area contributed by atoms with Gasteiger partial charge in [-0.3, -0.25) is 0 Å². The molecule has 0 radical (unpaired) electrons. The molecule has 32 heavy (non-hydrogen) atoms. The fourth-order valence-electron chi connectivity index (χ4n) is 1.17. The minimum absolute atomic E-state index is 1.79. The first kappa shape index (κ1) is 29.7. The molecule has 0 saturated carbocycles. The zero-order valence-corrected chi connectivity index (χ0v) is 13.4. The van der Waals surface area contributed by atoms with Crippen LogP contribution in [0.2, 0.25) is 0 Å². The van der Waals surface area contributed by atoms with Crippen LogP contribution in [0, 0.1) is 0 Å². The summed E-state index contributed by atoms with van der Waals surface area (Å²) in [5.74, 6) is -39.6. The van der Waals surface area contributed by atoms with E-state index < -0.39 is 60.2 Å².